The fourth-order valence-electron chi connectivity index (χ4n) is 5.11. The Labute approximate surface area is 224 Å². The summed E-state index contributed by atoms with van der Waals surface area (Å²) in [5.74, 6) is -0.130. The molecule has 0 bridgehead atoms. The van der Waals surface area contributed by atoms with Crippen LogP contribution in [0.1, 0.15) is 33.5 Å². The quantitative estimate of drug-likeness (QED) is 0.326. The van der Waals surface area contributed by atoms with E-state index in [0.29, 0.717) is 29.7 Å². The first-order valence-electron chi connectivity index (χ1n) is 13.1. The Morgan fingerprint density at radius 3 is 2.42 bits per heavy atom. The van der Waals surface area contributed by atoms with Gasteiger partial charge >= 0.3 is 0 Å². The molecule has 4 aromatic rings. The summed E-state index contributed by atoms with van der Waals surface area (Å²) in [7, 11) is -3.61. The Hall–Kier alpha value is -3.55. The lowest BCUT2D eigenvalue weighted by Crippen LogP contribution is -2.48. The van der Waals surface area contributed by atoms with Crippen LogP contribution < -0.4 is 0 Å². The molecule has 1 fully saturated rings. The molecule has 0 atom stereocenters. The summed E-state index contributed by atoms with van der Waals surface area (Å²) in [5.41, 5.74) is 3.94. The van der Waals surface area contributed by atoms with E-state index in [0.717, 1.165) is 43.4 Å². The molecule has 2 heterocycles. The molecule has 0 N–H and O–H groups in total. The van der Waals surface area contributed by atoms with Crippen LogP contribution in [-0.2, 0) is 22.0 Å². The average Bonchev–Trinajstić information content (AvgIpc) is 2.94. The monoisotopic (exact) mass is 527 g/mol. The first-order chi connectivity index (χ1) is 18.4. The molecule has 0 aliphatic carbocycles. The average molecular weight is 528 g/mol. The molecule has 0 saturated carbocycles. The number of benzene rings is 3. The highest BCUT2D eigenvalue weighted by atomic mass is 32.2. The Balaban J connectivity index is 1.19. The Morgan fingerprint density at radius 1 is 0.895 bits per heavy atom. The van der Waals surface area contributed by atoms with Crippen LogP contribution in [0, 0.1) is 6.92 Å². The zero-order chi connectivity index (χ0) is 26.5. The molecule has 7 heteroatoms. The minimum absolute atomic E-state index is 0.00435. The number of hydrogen-bond acceptors (Lipinski definition) is 5. The first-order valence-corrected chi connectivity index (χ1v) is 14.8. The van der Waals surface area contributed by atoms with E-state index in [1.165, 1.54) is 5.56 Å². The van der Waals surface area contributed by atoms with Crippen LogP contribution in [0.4, 0.5) is 0 Å². The topological polar surface area (TPSA) is 70.6 Å². The van der Waals surface area contributed by atoms with E-state index in [2.05, 4.69) is 34.1 Å². The lowest BCUT2D eigenvalue weighted by Gasteiger charge is -2.35. The first kappa shape index (κ1) is 26.1. The highest BCUT2D eigenvalue weighted by molar-refractivity contribution is 7.90. The van der Waals surface area contributed by atoms with Crippen LogP contribution >= 0.6 is 0 Å². The van der Waals surface area contributed by atoms with Gasteiger partial charge in [-0.1, -0.05) is 54.6 Å². The predicted molar refractivity (Wildman–Crippen MR) is 151 cm³/mol. The van der Waals surface area contributed by atoms with Crippen molar-refractivity contribution in [2.24, 2.45) is 0 Å². The number of aromatic nitrogens is 1. The van der Waals surface area contributed by atoms with Gasteiger partial charge in [-0.2, -0.15) is 0 Å². The van der Waals surface area contributed by atoms with E-state index in [9.17, 15) is 13.2 Å². The molecule has 5 rings (SSSR count). The molecule has 38 heavy (non-hydrogen) atoms. The summed E-state index contributed by atoms with van der Waals surface area (Å²) in [6, 6.07) is 24.8. The number of piperazine rings is 1. The van der Waals surface area contributed by atoms with Crippen molar-refractivity contribution in [3.63, 3.8) is 0 Å². The zero-order valence-electron chi connectivity index (χ0n) is 21.7. The third-order valence-electron chi connectivity index (χ3n) is 7.31. The van der Waals surface area contributed by atoms with Crippen molar-refractivity contribution < 1.29 is 13.2 Å². The van der Waals surface area contributed by atoms with Crippen LogP contribution in [0.5, 0.6) is 0 Å². The molecular weight excluding hydrogens is 494 g/mol. The number of pyridine rings is 1. The van der Waals surface area contributed by atoms with Crippen LogP contribution in [-0.4, -0.2) is 61.8 Å². The SMILES string of the molecule is Cc1cc(C(=O)N2CCN(CCCc3ccccc3)CC2)ccc1CS(=O)(=O)c1cccc2cccnc12. The maximum absolute atomic E-state index is 13.3. The standard InChI is InChI=1S/C31H33N3O3S/c1-24-22-27(31(35)34-20-18-33(19-21-34)17-7-10-25-8-3-2-4-9-25)14-15-28(24)23-38(36,37)29-13-5-11-26-12-6-16-32-30(26)29/h2-6,8-9,11-16,22H,7,10,17-21,23H2,1H3. The van der Waals surface area contributed by atoms with Gasteiger partial charge in [0.1, 0.15) is 0 Å². The van der Waals surface area contributed by atoms with Gasteiger partial charge < -0.3 is 4.90 Å². The number of rotatable bonds is 8. The number of amides is 1. The summed E-state index contributed by atoms with van der Waals surface area (Å²) >= 11 is 0. The van der Waals surface area contributed by atoms with Crippen LogP contribution in [0.2, 0.25) is 0 Å². The number of nitrogens with zero attached hydrogens (tertiary/aromatic N) is 3. The van der Waals surface area contributed by atoms with E-state index < -0.39 is 9.84 Å². The van der Waals surface area contributed by atoms with E-state index in [1.807, 2.05) is 36.1 Å². The second-order valence-corrected chi connectivity index (χ2v) is 11.9. The van der Waals surface area contributed by atoms with E-state index >= 15 is 0 Å². The van der Waals surface area contributed by atoms with E-state index in [1.54, 1.807) is 36.5 Å². The third kappa shape index (κ3) is 5.95. The van der Waals surface area contributed by atoms with Crippen molar-refractivity contribution in [2.45, 2.75) is 30.4 Å². The number of sulfone groups is 1. The largest absolute Gasteiger partial charge is 0.336 e. The zero-order valence-corrected chi connectivity index (χ0v) is 22.5. The van der Waals surface area contributed by atoms with Gasteiger partial charge in [-0.15, -0.1) is 0 Å². The maximum atomic E-state index is 13.3. The second-order valence-electron chi connectivity index (χ2n) is 9.95. The second kappa shape index (κ2) is 11.5. The van der Waals surface area contributed by atoms with Crippen LogP contribution in [0.3, 0.4) is 0 Å². The molecule has 6 nitrogen and oxygen atoms in total. The summed E-state index contributed by atoms with van der Waals surface area (Å²) < 4.78 is 26.6. The molecule has 1 aliphatic heterocycles. The molecule has 0 spiro atoms. The van der Waals surface area contributed by atoms with Gasteiger partial charge in [-0.25, -0.2) is 8.42 Å². The fraction of sp³-hybridized carbons (Fsp3) is 0.290. The van der Waals surface area contributed by atoms with Crippen LogP contribution in [0.15, 0.2) is 90.0 Å². The highest BCUT2D eigenvalue weighted by Crippen LogP contribution is 2.26. The summed E-state index contributed by atoms with van der Waals surface area (Å²) in [6.07, 6.45) is 3.78. The molecule has 1 aromatic heterocycles. The molecule has 0 unspecified atom stereocenters. The minimum Gasteiger partial charge on any atom is -0.336 e. The molecule has 3 aromatic carbocycles. The lowest BCUT2D eigenvalue weighted by atomic mass is 10.1. The van der Waals surface area contributed by atoms with Crippen molar-refractivity contribution in [3.8, 4) is 0 Å². The van der Waals surface area contributed by atoms with E-state index in [4.69, 9.17) is 0 Å². The Kier molecular flexibility index (Phi) is 7.86. The number of hydrogen-bond donors (Lipinski definition) is 0. The predicted octanol–water partition coefficient (Wildman–Crippen LogP) is 4.91. The summed E-state index contributed by atoms with van der Waals surface area (Å²) in [4.78, 5) is 22.1. The lowest BCUT2D eigenvalue weighted by molar-refractivity contribution is 0.0636. The van der Waals surface area contributed by atoms with Gasteiger partial charge in [0.05, 0.1) is 16.2 Å². The van der Waals surface area contributed by atoms with Crippen molar-refractivity contribution in [1.29, 1.82) is 0 Å². The van der Waals surface area contributed by atoms with Crippen LogP contribution in [0.25, 0.3) is 10.9 Å². The van der Waals surface area contributed by atoms with Crippen molar-refractivity contribution in [2.75, 3.05) is 32.7 Å². The van der Waals surface area contributed by atoms with Crippen molar-refractivity contribution >= 4 is 26.6 Å². The highest BCUT2D eigenvalue weighted by Gasteiger charge is 2.24. The number of carbonyl (C=O) groups is 1. The van der Waals surface area contributed by atoms with Gasteiger partial charge in [0.25, 0.3) is 5.91 Å². The van der Waals surface area contributed by atoms with Gasteiger partial charge in [-0.05, 0) is 67.3 Å². The van der Waals surface area contributed by atoms with Crippen molar-refractivity contribution in [1.82, 2.24) is 14.8 Å². The smallest absolute Gasteiger partial charge is 0.253 e. The molecule has 1 saturated heterocycles. The maximum Gasteiger partial charge on any atom is 0.253 e. The van der Waals surface area contributed by atoms with Gasteiger partial charge in [0, 0.05) is 43.3 Å². The number of aryl methyl sites for hydroxylation is 2. The molecule has 1 aliphatic rings. The van der Waals surface area contributed by atoms with Gasteiger partial charge in [0.2, 0.25) is 0 Å². The third-order valence-corrected chi connectivity index (χ3v) is 9.00. The molecule has 196 valence electrons. The van der Waals surface area contributed by atoms with E-state index in [-0.39, 0.29) is 16.6 Å². The number of para-hydroxylation sites is 1. The van der Waals surface area contributed by atoms with Gasteiger partial charge in [0.15, 0.2) is 9.84 Å². The Morgan fingerprint density at radius 2 is 1.66 bits per heavy atom. The fourth-order valence-corrected chi connectivity index (χ4v) is 6.75. The molecular formula is C31H33N3O3S. The van der Waals surface area contributed by atoms with Crippen molar-refractivity contribution in [3.05, 3.63) is 107 Å². The summed E-state index contributed by atoms with van der Waals surface area (Å²) in [6.45, 7) is 6.05. The minimum atomic E-state index is -3.61. The number of fused-ring (bicyclic) bond motifs is 1. The molecule has 0 radical (unpaired) electrons. The number of carbonyl (C=O) groups excluding carboxylic acids is 1. The summed E-state index contributed by atoms with van der Waals surface area (Å²) in [5, 5.41) is 0.794. The normalized spacial score (nSPS) is 14.6. The van der Waals surface area contributed by atoms with Gasteiger partial charge in [-0.3, -0.25) is 14.7 Å². The molecule has 1 amide bonds. The Bertz CT molecular complexity index is 1520.